The van der Waals surface area contributed by atoms with Gasteiger partial charge in [-0.1, -0.05) is 6.07 Å². The first-order chi connectivity index (χ1) is 7.67. The fourth-order valence-corrected chi connectivity index (χ4v) is 1.45. The van der Waals surface area contributed by atoms with Crippen LogP contribution in [0.5, 0.6) is 0 Å². The average molecular weight is 238 g/mol. The molecule has 0 fully saturated rings. The van der Waals surface area contributed by atoms with Crippen molar-refractivity contribution < 1.29 is 9.72 Å². The van der Waals surface area contributed by atoms with Crippen LogP contribution < -0.4 is 0 Å². The molecule has 1 atom stereocenters. The quantitative estimate of drug-likeness (QED) is 0.258. The Balaban J connectivity index is 2.82. The van der Waals surface area contributed by atoms with Crippen molar-refractivity contribution in [3.63, 3.8) is 0 Å². The maximum absolute atomic E-state index is 10.4. The van der Waals surface area contributed by atoms with Crippen LogP contribution in [0.2, 0.25) is 0 Å². The van der Waals surface area contributed by atoms with E-state index in [1.165, 1.54) is 0 Å². The van der Waals surface area contributed by atoms with Crippen LogP contribution in [-0.4, -0.2) is 29.7 Å². The van der Waals surface area contributed by atoms with Crippen molar-refractivity contribution in [3.05, 3.63) is 34.4 Å². The first kappa shape index (κ1) is 12.4. The first-order valence-electron chi connectivity index (χ1n) is 4.44. The molecule has 0 saturated heterocycles. The van der Waals surface area contributed by atoms with Gasteiger partial charge in [-0.05, 0) is 24.5 Å². The van der Waals surface area contributed by atoms with Crippen LogP contribution in [0.15, 0.2) is 34.2 Å². The number of carbonyl (C=O) groups excluding carboxylic acids is 1. The predicted molar refractivity (Wildman–Crippen MR) is 63.2 cm³/mol. The summed E-state index contributed by atoms with van der Waals surface area (Å²) in [5.74, 6) is 0. The lowest BCUT2D eigenvalue weighted by atomic mass is 10.3. The summed E-state index contributed by atoms with van der Waals surface area (Å²) >= 11 is 1.55. The second kappa shape index (κ2) is 6.02. The number of nitro groups is 1. The zero-order valence-electron chi connectivity index (χ0n) is 8.57. The van der Waals surface area contributed by atoms with Crippen molar-refractivity contribution in [1.82, 2.24) is 0 Å². The summed E-state index contributed by atoms with van der Waals surface area (Å²) in [5.41, 5.74) is 0.598. The minimum Gasteiger partial charge on any atom is -0.295 e. The predicted octanol–water partition coefficient (Wildman–Crippen LogP) is 1.95. The monoisotopic (exact) mass is 238 g/mol. The maximum atomic E-state index is 10.4. The smallest absolute Gasteiger partial charge is 0.295 e. The average Bonchev–Trinajstić information content (AvgIpc) is 2.29. The molecule has 0 aliphatic carbocycles. The fraction of sp³-hybridized carbons (Fsp3) is 0.200. The van der Waals surface area contributed by atoms with Crippen LogP contribution in [0, 0.1) is 10.1 Å². The van der Waals surface area contributed by atoms with E-state index in [4.69, 9.17) is 0 Å². The minimum absolute atomic E-state index is 0.252. The molecule has 0 spiro atoms. The van der Waals surface area contributed by atoms with Gasteiger partial charge in [-0.2, -0.15) is 0 Å². The van der Waals surface area contributed by atoms with Crippen molar-refractivity contribution in [2.24, 2.45) is 4.99 Å². The number of aldehydes is 1. The number of benzene rings is 1. The third-order valence-corrected chi connectivity index (χ3v) is 2.54. The topological polar surface area (TPSA) is 72.6 Å². The van der Waals surface area contributed by atoms with E-state index in [2.05, 4.69) is 4.99 Å². The van der Waals surface area contributed by atoms with E-state index in [0.717, 1.165) is 11.1 Å². The Morgan fingerprint density at radius 1 is 1.56 bits per heavy atom. The Morgan fingerprint density at radius 2 is 2.31 bits per heavy atom. The molecule has 16 heavy (non-hydrogen) atoms. The molecule has 0 saturated carbocycles. The normalized spacial score (nSPS) is 12.6. The molecule has 1 rings (SSSR count). The molecule has 0 N–H and O–H groups in total. The maximum Gasteiger partial charge on any atom is 0.302 e. The molecule has 0 amide bonds. The van der Waals surface area contributed by atoms with Crippen LogP contribution in [0.4, 0.5) is 5.69 Å². The number of aliphatic imine (C=N–C) groups is 1. The Kier molecular flexibility index (Phi) is 4.65. The molecule has 1 aromatic carbocycles. The van der Waals surface area contributed by atoms with Crippen molar-refractivity contribution >= 4 is 30.0 Å². The molecular formula is C10H10N2O3S. The zero-order chi connectivity index (χ0) is 12.0. The highest BCUT2D eigenvalue weighted by atomic mass is 32.2. The highest BCUT2D eigenvalue weighted by Crippen LogP contribution is 2.20. The van der Waals surface area contributed by atoms with E-state index in [0.29, 0.717) is 5.69 Å². The summed E-state index contributed by atoms with van der Waals surface area (Å²) in [4.78, 5) is 24.9. The second-order valence-electron chi connectivity index (χ2n) is 2.89. The lowest BCUT2D eigenvalue weighted by Gasteiger charge is -1.98. The van der Waals surface area contributed by atoms with Gasteiger partial charge < -0.3 is 0 Å². The first-order valence-corrected chi connectivity index (χ1v) is 5.67. The lowest BCUT2D eigenvalue weighted by Crippen LogP contribution is -2.22. The van der Waals surface area contributed by atoms with Gasteiger partial charge >= 0.3 is 6.04 Å². The molecular weight excluding hydrogens is 228 g/mol. The molecule has 84 valence electrons. The van der Waals surface area contributed by atoms with Gasteiger partial charge in [-0.15, -0.1) is 11.8 Å². The van der Waals surface area contributed by atoms with E-state index >= 15 is 0 Å². The number of rotatable bonds is 5. The summed E-state index contributed by atoms with van der Waals surface area (Å²) in [7, 11) is 0. The summed E-state index contributed by atoms with van der Waals surface area (Å²) in [5, 5.41) is 10.4. The second-order valence-corrected chi connectivity index (χ2v) is 3.77. The fourth-order valence-electron chi connectivity index (χ4n) is 0.992. The Labute approximate surface area is 96.7 Å². The van der Waals surface area contributed by atoms with E-state index in [-0.39, 0.29) is 6.29 Å². The number of hydrogen-bond acceptors (Lipinski definition) is 5. The van der Waals surface area contributed by atoms with Gasteiger partial charge in [0.05, 0.1) is 11.9 Å². The van der Waals surface area contributed by atoms with Gasteiger partial charge in [0, 0.05) is 9.82 Å². The van der Waals surface area contributed by atoms with Crippen molar-refractivity contribution in [3.8, 4) is 0 Å². The molecule has 5 nitrogen and oxygen atoms in total. The summed E-state index contributed by atoms with van der Waals surface area (Å²) in [6.45, 7) is 0. The number of thioether (sulfide) groups is 1. The lowest BCUT2D eigenvalue weighted by molar-refractivity contribution is -0.485. The molecule has 0 heterocycles. The Hall–Kier alpha value is -1.69. The number of carbonyl (C=O) groups is 1. The summed E-state index contributed by atoms with van der Waals surface area (Å²) in [6.07, 6.45) is 3.21. The van der Waals surface area contributed by atoms with Crippen LogP contribution in [0.1, 0.15) is 0 Å². The Bertz CT molecular complexity index is 420. The highest BCUT2D eigenvalue weighted by Gasteiger charge is 2.14. The number of hydrogen-bond donors (Lipinski definition) is 0. The SMILES string of the molecule is CSc1cccc(N=CC(C=O)[N+](=O)[O-])c1. The molecule has 0 aliphatic heterocycles. The van der Waals surface area contributed by atoms with Crippen LogP contribution in [0.25, 0.3) is 0 Å². The minimum atomic E-state index is -1.38. The van der Waals surface area contributed by atoms with Crippen LogP contribution in [0.3, 0.4) is 0 Å². The third-order valence-electron chi connectivity index (χ3n) is 1.81. The van der Waals surface area contributed by atoms with Gasteiger partial charge in [0.25, 0.3) is 0 Å². The molecule has 0 bridgehead atoms. The summed E-state index contributed by atoms with van der Waals surface area (Å²) in [6, 6.07) is 5.86. The van der Waals surface area contributed by atoms with E-state index < -0.39 is 11.0 Å². The van der Waals surface area contributed by atoms with Gasteiger partial charge in [0.1, 0.15) is 0 Å². The van der Waals surface area contributed by atoms with Gasteiger partial charge in [-0.3, -0.25) is 19.9 Å². The van der Waals surface area contributed by atoms with Gasteiger partial charge in [0.15, 0.2) is 6.29 Å². The van der Waals surface area contributed by atoms with Crippen LogP contribution >= 0.6 is 11.8 Å². The van der Waals surface area contributed by atoms with E-state index in [1.807, 2.05) is 12.3 Å². The Morgan fingerprint density at radius 3 is 2.88 bits per heavy atom. The molecule has 0 aliphatic rings. The molecule has 1 aromatic rings. The molecule has 1 unspecified atom stereocenters. The highest BCUT2D eigenvalue weighted by molar-refractivity contribution is 7.98. The third kappa shape index (κ3) is 3.47. The molecule has 6 heteroatoms. The van der Waals surface area contributed by atoms with Crippen molar-refractivity contribution in [1.29, 1.82) is 0 Å². The van der Waals surface area contributed by atoms with Crippen molar-refractivity contribution in [2.75, 3.05) is 6.26 Å². The van der Waals surface area contributed by atoms with Gasteiger partial charge in [0.2, 0.25) is 0 Å². The van der Waals surface area contributed by atoms with E-state index in [9.17, 15) is 14.9 Å². The molecule has 0 radical (unpaired) electrons. The van der Waals surface area contributed by atoms with E-state index in [1.54, 1.807) is 30.0 Å². The zero-order valence-corrected chi connectivity index (χ0v) is 9.39. The molecule has 0 aromatic heterocycles. The van der Waals surface area contributed by atoms with Crippen LogP contribution in [-0.2, 0) is 4.79 Å². The largest absolute Gasteiger partial charge is 0.302 e. The number of nitrogens with zero attached hydrogens (tertiary/aromatic N) is 2. The summed E-state index contributed by atoms with van der Waals surface area (Å²) < 4.78 is 0. The standard InChI is InChI=1S/C10H10N2O3S/c1-16-10-4-2-3-8(5-10)11-6-9(7-13)12(14)15/h2-7,9H,1H3. The van der Waals surface area contributed by atoms with Gasteiger partial charge in [-0.25, -0.2) is 0 Å². The van der Waals surface area contributed by atoms with Crippen molar-refractivity contribution in [2.45, 2.75) is 10.9 Å².